The smallest absolute Gasteiger partial charge is 0.303 e. The Labute approximate surface area is 84.3 Å². The minimum Gasteiger partial charge on any atom is -0.481 e. The van der Waals surface area contributed by atoms with E-state index in [2.05, 4.69) is 13.0 Å². The molecular formula is C10H18O4. The van der Waals surface area contributed by atoms with Gasteiger partial charge in [0.1, 0.15) is 0 Å². The number of allylic oxidation sites excluding steroid dienone is 2. The molecular weight excluding hydrogens is 184 g/mol. The van der Waals surface area contributed by atoms with Gasteiger partial charge >= 0.3 is 5.97 Å². The molecule has 82 valence electrons. The third-order valence-corrected chi connectivity index (χ3v) is 1.16. The number of hydrogen-bond acceptors (Lipinski definition) is 2. The van der Waals surface area contributed by atoms with Gasteiger partial charge in [0.25, 0.3) is 5.97 Å². The molecule has 0 atom stereocenters. The Balaban J connectivity index is 0. The standard InChI is InChI=1S/C8H14O2.C2H4O2/c1-2-3-4-5-6-7-8(9)10;1-2(3)4/h3-4H,2,5-7H2,1H3,(H,9,10);1H3,(H,3,4)/b4-3-;. The highest BCUT2D eigenvalue weighted by Crippen LogP contribution is 1.96. The van der Waals surface area contributed by atoms with Crippen molar-refractivity contribution in [3.8, 4) is 0 Å². The van der Waals surface area contributed by atoms with Crippen molar-refractivity contribution in [3.63, 3.8) is 0 Å². The lowest BCUT2D eigenvalue weighted by atomic mass is 10.2. The van der Waals surface area contributed by atoms with E-state index in [1.54, 1.807) is 0 Å². The van der Waals surface area contributed by atoms with Gasteiger partial charge in [-0.15, -0.1) is 0 Å². The van der Waals surface area contributed by atoms with E-state index in [9.17, 15) is 4.79 Å². The molecule has 0 saturated carbocycles. The molecule has 0 aromatic rings. The summed E-state index contributed by atoms with van der Waals surface area (Å²) < 4.78 is 0. The highest BCUT2D eigenvalue weighted by Gasteiger charge is 1.92. The van der Waals surface area contributed by atoms with Crippen molar-refractivity contribution in [3.05, 3.63) is 12.2 Å². The first kappa shape index (κ1) is 15.2. The first-order valence-electron chi connectivity index (χ1n) is 4.57. The van der Waals surface area contributed by atoms with Crippen LogP contribution in [0, 0.1) is 0 Å². The molecule has 0 fully saturated rings. The molecule has 0 aliphatic heterocycles. The minimum atomic E-state index is -0.833. The van der Waals surface area contributed by atoms with Gasteiger partial charge in [0, 0.05) is 13.3 Å². The summed E-state index contributed by atoms with van der Waals surface area (Å²) in [5, 5.41) is 15.7. The Hall–Kier alpha value is -1.32. The van der Waals surface area contributed by atoms with Crippen LogP contribution in [0.5, 0.6) is 0 Å². The van der Waals surface area contributed by atoms with Crippen LogP contribution in [-0.2, 0) is 9.59 Å². The molecule has 0 saturated heterocycles. The summed E-state index contributed by atoms with van der Waals surface area (Å²) in [5.74, 6) is -1.54. The van der Waals surface area contributed by atoms with Crippen LogP contribution in [0.2, 0.25) is 0 Å². The molecule has 0 spiro atoms. The van der Waals surface area contributed by atoms with Gasteiger partial charge in [0.15, 0.2) is 0 Å². The van der Waals surface area contributed by atoms with Crippen molar-refractivity contribution in [1.29, 1.82) is 0 Å². The highest BCUT2D eigenvalue weighted by molar-refractivity contribution is 5.66. The molecule has 0 aromatic carbocycles. The van der Waals surface area contributed by atoms with Crippen LogP contribution in [0.4, 0.5) is 0 Å². The fourth-order valence-electron chi connectivity index (χ4n) is 0.656. The SMILES string of the molecule is CC(=O)O.CC/C=C\CCCC(=O)O. The van der Waals surface area contributed by atoms with Gasteiger partial charge in [-0.05, 0) is 19.3 Å². The number of carboxylic acid groups (broad SMARTS) is 2. The Bertz CT molecular complexity index is 181. The van der Waals surface area contributed by atoms with E-state index in [4.69, 9.17) is 15.0 Å². The highest BCUT2D eigenvalue weighted by atomic mass is 16.4. The zero-order valence-electron chi connectivity index (χ0n) is 8.69. The number of rotatable bonds is 5. The second-order valence-corrected chi connectivity index (χ2v) is 2.68. The predicted octanol–water partition coefficient (Wildman–Crippen LogP) is 2.30. The summed E-state index contributed by atoms with van der Waals surface area (Å²) in [7, 11) is 0. The average molecular weight is 202 g/mol. The molecule has 0 heterocycles. The van der Waals surface area contributed by atoms with Crippen LogP contribution in [-0.4, -0.2) is 22.2 Å². The van der Waals surface area contributed by atoms with Gasteiger partial charge in [0.2, 0.25) is 0 Å². The second kappa shape index (κ2) is 11.7. The second-order valence-electron chi connectivity index (χ2n) is 2.68. The minimum absolute atomic E-state index is 0.286. The Kier molecular flexibility index (Phi) is 12.7. The molecule has 0 amide bonds. The van der Waals surface area contributed by atoms with Gasteiger partial charge < -0.3 is 10.2 Å². The van der Waals surface area contributed by atoms with Crippen LogP contribution >= 0.6 is 0 Å². The van der Waals surface area contributed by atoms with Crippen LogP contribution in [0.1, 0.15) is 39.5 Å². The van der Waals surface area contributed by atoms with E-state index >= 15 is 0 Å². The molecule has 0 aliphatic rings. The number of hydrogen-bond donors (Lipinski definition) is 2. The number of aliphatic carboxylic acids is 2. The summed E-state index contributed by atoms with van der Waals surface area (Å²) in [6.07, 6.45) is 7.05. The summed E-state index contributed by atoms with van der Waals surface area (Å²) in [6.45, 7) is 3.15. The van der Waals surface area contributed by atoms with Crippen molar-refractivity contribution in [2.75, 3.05) is 0 Å². The van der Waals surface area contributed by atoms with Gasteiger partial charge in [-0.1, -0.05) is 19.1 Å². The van der Waals surface area contributed by atoms with Gasteiger partial charge in [-0.3, -0.25) is 9.59 Å². The third-order valence-electron chi connectivity index (χ3n) is 1.16. The molecule has 0 aliphatic carbocycles. The summed E-state index contributed by atoms with van der Waals surface area (Å²) in [6, 6.07) is 0. The van der Waals surface area contributed by atoms with Crippen molar-refractivity contribution in [1.82, 2.24) is 0 Å². The normalized spacial score (nSPS) is 9.29. The van der Waals surface area contributed by atoms with Gasteiger partial charge in [0.05, 0.1) is 0 Å². The van der Waals surface area contributed by atoms with Crippen molar-refractivity contribution >= 4 is 11.9 Å². The third kappa shape index (κ3) is 31.0. The van der Waals surface area contributed by atoms with E-state index in [0.717, 1.165) is 26.2 Å². The maximum Gasteiger partial charge on any atom is 0.303 e. The topological polar surface area (TPSA) is 74.6 Å². The monoisotopic (exact) mass is 202 g/mol. The van der Waals surface area contributed by atoms with E-state index < -0.39 is 11.9 Å². The zero-order valence-corrected chi connectivity index (χ0v) is 8.69. The number of unbranched alkanes of at least 4 members (excludes halogenated alkanes) is 1. The van der Waals surface area contributed by atoms with Crippen molar-refractivity contribution in [2.45, 2.75) is 39.5 Å². The molecule has 0 rings (SSSR count). The maximum absolute atomic E-state index is 10.0. The van der Waals surface area contributed by atoms with Crippen LogP contribution in [0.25, 0.3) is 0 Å². The molecule has 2 N–H and O–H groups in total. The van der Waals surface area contributed by atoms with E-state index in [0.29, 0.717) is 0 Å². The Morgan fingerprint density at radius 2 is 1.71 bits per heavy atom. The molecule has 14 heavy (non-hydrogen) atoms. The van der Waals surface area contributed by atoms with Gasteiger partial charge in [-0.25, -0.2) is 0 Å². The average Bonchev–Trinajstić information content (AvgIpc) is 2.02. The number of carboxylic acids is 2. The maximum atomic E-state index is 10.0. The van der Waals surface area contributed by atoms with Crippen molar-refractivity contribution in [2.24, 2.45) is 0 Å². The molecule has 0 bridgehead atoms. The molecule has 0 unspecified atom stereocenters. The lowest BCUT2D eigenvalue weighted by Gasteiger charge is -1.88. The summed E-state index contributed by atoms with van der Waals surface area (Å²) >= 11 is 0. The van der Waals surface area contributed by atoms with Crippen LogP contribution in [0.3, 0.4) is 0 Å². The molecule has 0 aromatic heterocycles. The quantitative estimate of drug-likeness (QED) is 0.530. The predicted molar refractivity (Wildman–Crippen MR) is 54.2 cm³/mol. The zero-order chi connectivity index (χ0) is 11.4. The molecule has 4 nitrogen and oxygen atoms in total. The van der Waals surface area contributed by atoms with E-state index in [-0.39, 0.29) is 6.42 Å². The summed E-state index contributed by atoms with van der Waals surface area (Å²) in [4.78, 5) is 19.0. The van der Waals surface area contributed by atoms with Crippen molar-refractivity contribution < 1.29 is 19.8 Å². The molecule has 0 radical (unpaired) electrons. The van der Waals surface area contributed by atoms with E-state index in [1.165, 1.54) is 0 Å². The van der Waals surface area contributed by atoms with Crippen LogP contribution in [0.15, 0.2) is 12.2 Å². The summed E-state index contributed by atoms with van der Waals surface area (Å²) in [5.41, 5.74) is 0. The molecule has 4 heteroatoms. The first-order valence-corrected chi connectivity index (χ1v) is 4.57. The van der Waals surface area contributed by atoms with Gasteiger partial charge in [-0.2, -0.15) is 0 Å². The Morgan fingerprint density at radius 3 is 2.07 bits per heavy atom. The lowest BCUT2D eigenvalue weighted by Crippen LogP contribution is -1.92. The van der Waals surface area contributed by atoms with E-state index in [1.807, 2.05) is 6.08 Å². The fraction of sp³-hybridized carbons (Fsp3) is 0.600. The van der Waals surface area contributed by atoms with Crippen LogP contribution < -0.4 is 0 Å². The lowest BCUT2D eigenvalue weighted by molar-refractivity contribution is -0.137. The number of carbonyl (C=O) groups is 2. The largest absolute Gasteiger partial charge is 0.481 e. The Morgan fingerprint density at radius 1 is 1.21 bits per heavy atom. The fourth-order valence-corrected chi connectivity index (χ4v) is 0.656. The first-order chi connectivity index (χ1) is 6.50.